The highest BCUT2D eigenvalue weighted by Gasteiger charge is 2.38. The minimum Gasteiger partial charge on any atom is -0.356 e. The lowest BCUT2D eigenvalue weighted by Gasteiger charge is -2.43. The molecule has 2 aromatic heterocycles. The third-order valence-corrected chi connectivity index (χ3v) is 8.39. The third-order valence-electron chi connectivity index (χ3n) is 7.52. The molecular weight excluding hydrogens is 496 g/mol. The summed E-state index contributed by atoms with van der Waals surface area (Å²) in [4.78, 5) is 27.6. The largest absolute Gasteiger partial charge is 0.356 e. The lowest BCUT2D eigenvalue weighted by molar-refractivity contribution is -0.115. The number of likely N-dealkylation sites (tertiary alicyclic amines) is 1. The van der Waals surface area contributed by atoms with E-state index in [0.717, 1.165) is 59.7 Å². The molecule has 0 atom stereocenters. The number of piperidine rings is 1. The van der Waals surface area contributed by atoms with Gasteiger partial charge in [0.15, 0.2) is 11.0 Å². The fourth-order valence-electron chi connectivity index (χ4n) is 5.47. The molecule has 0 saturated carbocycles. The number of nitrogens with one attached hydrogen (secondary N) is 3. The van der Waals surface area contributed by atoms with Crippen molar-refractivity contribution in [2.75, 3.05) is 35.2 Å². The molecule has 2 aliphatic rings. The number of hydrogen-bond acceptors (Lipinski definition) is 8. The molecule has 2 aliphatic heterocycles. The van der Waals surface area contributed by atoms with E-state index in [0.29, 0.717) is 23.2 Å². The number of benzene rings is 1. The maximum Gasteiger partial charge on any atom is 0.224 e. The van der Waals surface area contributed by atoms with Crippen LogP contribution in [0.3, 0.4) is 0 Å². The van der Waals surface area contributed by atoms with E-state index in [9.17, 15) is 4.79 Å². The average molecular weight is 535 g/mol. The normalized spacial score (nSPS) is 18.1. The van der Waals surface area contributed by atoms with E-state index >= 15 is 0 Å². The second-order valence-corrected chi connectivity index (χ2v) is 11.9. The highest BCUT2D eigenvalue weighted by molar-refractivity contribution is 7.99. The van der Waals surface area contributed by atoms with Gasteiger partial charge in [-0.15, -0.1) is 0 Å². The van der Waals surface area contributed by atoms with Gasteiger partial charge in [-0.05, 0) is 89.0 Å². The minimum absolute atomic E-state index is 0.00261. The number of rotatable bonds is 8. The second kappa shape index (κ2) is 11.3. The van der Waals surface area contributed by atoms with E-state index in [1.54, 1.807) is 0 Å². The Morgan fingerprint density at radius 3 is 2.50 bits per heavy atom. The molecule has 0 aliphatic carbocycles. The van der Waals surface area contributed by atoms with Crippen molar-refractivity contribution in [1.82, 2.24) is 25.1 Å². The topological polar surface area (TPSA) is 102 Å². The summed E-state index contributed by atoms with van der Waals surface area (Å²) in [5.41, 5.74) is 2.08. The van der Waals surface area contributed by atoms with Crippen molar-refractivity contribution in [3.8, 4) is 0 Å². The van der Waals surface area contributed by atoms with E-state index < -0.39 is 0 Å². The number of carbonyl (C=O) groups excluding carboxylic acids is 1. The van der Waals surface area contributed by atoms with Gasteiger partial charge in [0.1, 0.15) is 11.6 Å². The number of anilines is 4. The van der Waals surface area contributed by atoms with Gasteiger partial charge in [-0.25, -0.2) is 9.97 Å². The molecule has 2 saturated heterocycles. The first kappa shape index (κ1) is 26.5. The number of amides is 1. The molecule has 0 radical (unpaired) electrons. The molecule has 0 unspecified atom stereocenters. The summed E-state index contributed by atoms with van der Waals surface area (Å²) in [5.74, 6) is 2.39. The summed E-state index contributed by atoms with van der Waals surface area (Å²) in [6.45, 7) is 11.8. The van der Waals surface area contributed by atoms with Crippen LogP contribution < -0.4 is 15.5 Å². The number of H-pyrrole nitrogens is 1. The molecule has 9 nitrogen and oxygen atoms in total. The Morgan fingerprint density at radius 2 is 1.87 bits per heavy atom. The zero-order chi connectivity index (χ0) is 26.7. The molecule has 2 fully saturated rings. The lowest BCUT2D eigenvalue weighted by Crippen LogP contribution is -2.50. The number of aryl methyl sites for hydroxylation is 1. The number of nitrogens with zero attached hydrogens (tertiary/aromatic N) is 5. The molecule has 10 heteroatoms. The van der Waals surface area contributed by atoms with Crippen molar-refractivity contribution in [3.63, 3.8) is 0 Å². The maximum absolute atomic E-state index is 11.7. The van der Waals surface area contributed by atoms with Crippen molar-refractivity contribution >= 4 is 40.8 Å². The Morgan fingerprint density at radius 1 is 1.11 bits per heavy atom. The van der Waals surface area contributed by atoms with Gasteiger partial charge in [-0.1, -0.05) is 6.92 Å². The van der Waals surface area contributed by atoms with Crippen molar-refractivity contribution < 1.29 is 4.79 Å². The smallest absolute Gasteiger partial charge is 0.224 e. The molecule has 1 amide bonds. The SMILES string of the molecule is CCC(=O)Nc1ccc(Sc2nc(Nc3cc(C)[nH]n3)cc(N3CCC(N4CCCC4(C)C)CC3)n2)cc1. The standard InChI is InChI=1S/C28H38N8OS/c1-5-26(37)29-20-7-9-22(10-8-20)38-27-31-23(30-24-17-19(2)33-34-24)18-25(32-27)35-15-11-21(12-16-35)36-14-6-13-28(36,3)4/h7-10,17-18,21H,5-6,11-16H2,1-4H3,(H,29,37)(H2,30,31,32,33,34). The predicted octanol–water partition coefficient (Wildman–Crippen LogP) is 5.59. The van der Waals surface area contributed by atoms with Gasteiger partial charge in [0.2, 0.25) is 5.91 Å². The highest BCUT2D eigenvalue weighted by atomic mass is 32.2. The molecule has 38 heavy (non-hydrogen) atoms. The molecule has 3 N–H and O–H groups in total. The van der Waals surface area contributed by atoms with Crippen molar-refractivity contribution in [2.24, 2.45) is 0 Å². The summed E-state index contributed by atoms with van der Waals surface area (Å²) < 4.78 is 0. The van der Waals surface area contributed by atoms with E-state index in [1.807, 2.05) is 50.2 Å². The van der Waals surface area contributed by atoms with Crippen molar-refractivity contribution in [3.05, 3.63) is 42.1 Å². The van der Waals surface area contributed by atoms with Crippen LogP contribution in [-0.2, 0) is 4.79 Å². The molecule has 1 aromatic carbocycles. The number of aromatic amines is 1. The molecule has 3 aromatic rings. The monoisotopic (exact) mass is 534 g/mol. The Balaban J connectivity index is 1.33. The predicted molar refractivity (Wildman–Crippen MR) is 153 cm³/mol. The van der Waals surface area contributed by atoms with Crippen molar-refractivity contribution in [1.29, 1.82) is 0 Å². The van der Waals surface area contributed by atoms with Gasteiger partial charge in [0.25, 0.3) is 0 Å². The van der Waals surface area contributed by atoms with Crippen molar-refractivity contribution in [2.45, 2.75) is 81.4 Å². The van der Waals surface area contributed by atoms with E-state index in [-0.39, 0.29) is 5.91 Å². The highest BCUT2D eigenvalue weighted by Crippen LogP contribution is 2.35. The molecule has 202 valence electrons. The fourth-order valence-corrected chi connectivity index (χ4v) is 6.24. The zero-order valence-electron chi connectivity index (χ0n) is 22.8. The summed E-state index contributed by atoms with van der Waals surface area (Å²) >= 11 is 1.51. The zero-order valence-corrected chi connectivity index (χ0v) is 23.6. The molecule has 0 spiro atoms. The van der Waals surface area contributed by atoms with Crippen LogP contribution in [0.25, 0.3) is 0 Å². The number of aromatic nitrogens is 4. The van der Waals surface area contributed by atoms with Crippen LogP contribution in [0, 0.1) is 6.92 Å². The van der Waals surface area contributed by atoms with Gasteiger partial charge in [0.05, 0.1) is 0 Å². The molecule has 4 heterocycles. The van der Waals surface area contributed by atoms with Gasteiger partial charge >= 0.3 is 0 Å². The first-order valence-electron chi connectivity index (χ1n) is 13.6. The maximum atomic E-state index is 11.7. The minimum atomic E-state index is 0.00261. The van der Waals surface area contributed by atoms with E-state index in [2.05, 4.69) is 44.5 Å². The molecule has 0 bridgehead atoms. The van der Waals surface area contributed by atoms with Crippen LogP contribution in [0.15, 0.2) is 46.5 Å². The quantitative estimate of drug-likeness (QED) is 0.321. The summed E-state index contributed by atoms with van der Waals surface area (Å²) in [7, 11) is 0. The Labute approximate surface area is 229 Å². The Hall–Kier alpha value is -3.11. The molecular formula is C28H38N8OS. The van der Waals surface area contributed by atoms with Gasteiger partial charge in [-0.3, -0.25) is 14.8 Å². The summed E-state index contributed by atoms with van der Waals surface area (Å²) in [5, 5.41) is 14.2. The lowest BCUT2D eigenvalue weighted by atomic mass is 9.96. The summed E-state index contributed by atoms with van der Waals surface area (Å²) in [6, 6.07) is 12.4. The van der Waals surface area contributed by atoms with Gasteiger partial charge < -0.3 is 15.5 Å². The van der Waals surface area contributed by atoms with Crippen LogP contribution in [0.2, 0.25) is 0 Å². The summed E-state index contributed by atoms with van der Waals surface area (Å²) in [6.07, 6.45) is 5.32. The fraction of sp³-hybridized carbons (Fsp3) is 0.500. The van der Waals surface area contributed by atoms with Crippen LogP contribution in [-0.4, -0.2) is 62.2 Å². The number of carbonyl (C=O) groups is 1. The van der Waals surface area contributed by atoms with E-state index in [4.69, 9.17) is 9.97 Å². The van der Waals surface area contributed by atoms with Crippen LogP contribution in [0.5, 0.6) is 0 Å². The first-order chi connectivity index (χ1) is 18.3. The van der Waals surface area contributed by atoms with Crippen LogP contribution in [0.4, 0.5) is 23.1 Å². The number of hydrogen-bond donors (Lipinski definition) is 3. The van der Waals surface area contributed by atoms with Crippen LogP contribution in [0.1, 0.15) is 58.6 Å². The van der Waals surface area contributed by atoms with E-state index in [1.165, 1.54) is 31.1 Å². The van der Waals surface area contributed by atoms with Crippen LogP contribution >= 0.6 is 11.8 Å². The Kier molecular flexibility index (Phi) is 7.90. The average Bonchev–Trinajstić information content (AvgIpc) is 3.48. The Bertz CT molecular complexity index is 1250. The van der Waals surface area contributed by atoms with Gasteiger partial charge in [0, 0.05) is 59.5 Å². The molecule has 5 rings (SSSR count). The van der Waals surface area contributed by atoms with Gasteiger partial charge in [-0.2, -0.15) is 5.10 Å². The second-order valence-electron chi connectivity index (χ2n) is 10.8. The third kappa shape index (κ3) is 6.30. The first-order valence-corrected chi connectivity index (χ1v) is 14.4.